The summed E-state index contributed by atoms with van der Waals surface area (Å²) in [7, 11) is 0. The van der Waals surface area contributed by atoms with Crippen molar-refractivity contribution < 1.29 is 27.8 Å². The van der Waals surface area contributed by atoms with E-state index in [0.29, 0.717) is 0 Å². The van der Waals surface area contributed by atoms with Crippen molar-refractivity contribution in [3.05, 3.63) is 35.9 Å². The molecule has 0 spiro atoms. The number of nitrogens with one attached hydrogen (secondary N) is 1. The first-order valence-electron chi connectivity index (χ1n) is 8.60. The van der Waals surface area contributed by atoms with Gasteiger partial charge in [0.05, 0.1) is 0 Å². The molecule has 7 heteroatoms. The fourth-order valence-corrected chi connectivity index (χ4v) is 2.06. The number of amides is 1. The van der Waals surface area contributed by atoms with Gasteiger partial charge in [0.1, 0.15) is 18.2 Å². The van der Waals surface area contributed by atoms with E-state index in [1.165, 1.54) is 6.92 Å². The lowest BCUT2D eigenvalue weighted by Gasteiger charge is -2.25. The molecule has 0 bridgehead atoms. The van der Waals surface area contributed by atoms with Crippen LogP contribution in [0.3, 0.4) is 0 Å². The molecule has 0 aromatic heterocycles. The van der Waals surface area contributed by atoms with Gasteiger partial charge in [0.15, 0.2) is 0 Å². The fourth-order valence-electron chi connectivity index (χ4n) is 2.06. The van der Waals surface area contributed by atoms with Gasteiger partial charge in [0.2, 0.25) is 5.92 Å². The molecule has 0 fully saturated rings. The van der Waals surface area contributed by atoms with Crippen molar-refractivity contribution in [2.24, 2.45) is 0 Å². The fraction of sp³-hybridized carbons (Fsp3) is 0.579. The van der Waals surface area contributed by atoms with E-state index in [1.807, 2.05) is 6.07 Å². The molecule has 1 amide bonds. The van der Waals surface area contributed by atoms with Gasteiger partial charge in [-0.15, -0.1) is 0 Å². The van der Waals surface area contributed by atoms with E-state index in [4.69, 9.17) is 9.47 Å². The van der Waals surface area contributed by atoms with E-state index in [2.05, 4.69) is 5.32 Å². The Kier molecular flexibility index (Phi) is 7.99. The maximum absolute atomic E-state index is 13.5. The van der Waals surface area contributed by atoms with E-state index >= 15 is 0 Å². The Morgan fingerprint density at radius 1 is 1.15 bits per heavy atom. The second kappa shape index (κ2) is 9.50. The van der Waals surface area contributed by atoms with Gasteiger partial charge in [0.25, 0.3) is 0 Å². The van der Waals surface area contributed by atoms with Crippen LogP contribution in [0.2, 0.25) is 0 Å². The summed E-state index contributed by atoms with van der Waals surface area (Å²) < 4.78 is 37.3. The number of esters is 1. The van der Waals surface area contributed by atoms with Crippen LogP contribution in [-0.2, 0) is 20.9 Å². The molecule has 0 aliphatic heterocycles. The van der Waals surface area contributed by atoms with Crippen molar-refractivity contribution in [2.45, 2.75) is 71.1 Å². The third-order valence-electron chi connectivity index (χ3n) is 3.51. The number of alkyl halides is 2. The average Bonchev–Trinajstić information content (AvgIpc) is 2.56. The molecule has 0 heterocycles. The second-order valence-electron chi connectivity index (χ2n) is 7.04. The molecule has 1 atom stereocenters. The molecule has 1 rings (SSSR count). The van der Waals surface area contributed by atoms with Gasteiger partial charge in [0, 0.05) is 12.8 Å². The molecular formula is C19H27F2NO4. The zero-order chi connectivity index (χ0) is 19.8. The van der Waals surface area contributed by atoms with Gasteiger partial charge in [-0.1, -0.05) is 37.3 Å². The minimum atomic E-state index is -2.91. The second-order valence-corrected chi connectivity index (χ2v) is 7.04. The highest BCUT2D eigenvalue weighted by Gasteiger charge is 2.32. The van der Waals surface area contributed by atoms with Gasteiger partial charge >= 0.3 is 12.1 Å². The SMILES string of the molecule is CCC(F)(F)CCC(NC(=O)OCc1ccccc1)C(=O)OC(C)(C)C. The van der Waals surface area contributed by atoms with Crippen LogP contribution in [0.4, 0.5) is 13.6 Å². The summed E-state index contributed by atoms with van der Waals surface area (Å²) in [6.07, 6.45) is -1.97. The maximum atomic E-state index is 13.5. The smallest absolute Gasteiger partial charge is 0.408 e. The number of hydrogen-bond acceptors (Lipinski definition) is 4. The highest BCUT2D eigenvalue weighted by atomic mass is 19.3. The van der Waals surface area contributed by atoms with Gasteiger partial charge in [-0.3, -0.25) is 0 Å². The van der Waals surface area contributed by atoms with E-state index < -0.39 is 36.0 Å². The van der Waals surface area contributed by atoms with Crippen LogP contribution >= 0.6 is 0 Å². The molecule has 5 nitrogen and oxygen atoms in total. The highest BCUT2D eigenvalue weighted by Crippen LogP contribution is 2.25. The number of alkyl carbamates (subject to hydrolysis) is 1. The molecule has 146 valence electrons. The molecule has 1 unspecified atom stereocenters. The standard InChI is InChI=1S/C19H27F2NO4/c1-5-19(20,21)12-11-15(16(23)26-18(2,3)4)22-17(24)25-13-14-9-7-6-8-10-14/h6-10,15H,5,11-13H2,1-4H3,(H,22,24). The first kappa shape index (κ1) is 21.9. The number of rotatable bonds is 8. The highest BCUT2D eigenvalue weighted by molar-refractivity contribution is 5.81. The number of carbonyl (C=O) groups is 2. The van der Waals surface area contributed by atoms with E-state index in [0.717, 1.165) is 5.56 Å². The Hall–Kier alpha value is -2.18. The molecular weight excluding hydrogens is 344 g/mol. The lowest BCUT2D eigenvalue weighted by Crippen LogP contribution is -2.45. The summed E-state index contributed by atoms with van der Waals surface area (Å²) in [4.78, 5) is 24.2. The Morgan fingerprint density at radius 2 is 1.77 bits per heavy atom. The Bertz CT molecular complexity index is 585. The Morgan fingerprint density at radius 3 is 2.31 bits per heavy atom. The molecule has 0 saturated heterocycles. The number of halogens is 2. The molecule has 0 aliphatic carbocycles. The predicted octanol–water partition coefficient (Wildman–Crippen LogP) is 4.45. The van der Waals surface area contributed by atoms with Crippen LogP contribution < -0.4 is 5.32 Å². The Labute approximate surface area is 153 Å². The van der Waals surface area contributed by atoms with Gasteiger partial charge < -0.3 is 14.8 Å². The minimum Gasteiger partial charge on any atom is -0.458 e. The summed E-state index contributed by atoms with van der Waals surface area (Å²) >= 11 is 0. The molecule has 1 N–H and O–H groups in total. The summed E-state index contributed by atoms with van der Waals surface area (Å²) in [5.41, 5.74) is -0.0212. The summed E-state index contributed by atoms with van der Waals surface area (Å²) in [5.74, 6) is -3.67. The van der Waals surface area contributed by atoms with Crippen molar-refractivity contribution >= 4 is 12.1 Å². The van der Waals surface area contributed by atoms with E-state index in [9.17, 15) is 18.4 Å². The van der Waals surface area contributed by atoms with Crippen molar-refractivity contribution in [1.82, 2.24) is 5.32 Å². The summed E-state index contributed by atoms with van der Waals surface area (Å²) in [5, 5.41) is 2.34. The molecule has 1 aromatic rings. The predicted molar refractivity (Wildman–Crippen MR) is 93.9 cm³/mol. The van der Waals surface area contributed by atoms with Crippen LogP contribution in [0.25, 0.3) is 0 Å². The van der Waals surface area contributed by atoms with Crippen LogP contribution in [0.5, 0.6) is 0 Å². The largest absolute Gasteiger partial charge is 0.458 e. The van der Waals surface area contributed by atoms with Crippen molar-refractivity contribution in [2.75, 3.05) is 0 Å². The van der Waals surface area contributed by atoms with Crippen molar-refractivity contribution in [3.8, 4) is 0 Å². The van der Waals surface area contributed by atoms with Gasteiger partial charge in [-0.05, 0) is 32.8 Å². The van der Waals surface area contributed by atoms with Crippen molar-refractivity contribution in [3.63, 3.8) is 0 Å². The molecule has 0 saturated carbocycles. The van der Waals surface area contributed by atoms with Crippen molar-refractivity contribution in [1.29, 1.82) is 0 Å². The number of carbonyl (C=O) groups excluding carboxylic acids is 2. The normalized spacial score (nSPS) is 13.0. The quantitative estimate of drug-likeness (QED) is 0.686. The monoisotopic (exact) mass is 371 g/mol. The maximum Gasteiger partial charge on any atom is 0.408 e. The topological polar surface area (TPSA) is 64.6 Å². The van der Waals surface area contributed by atoms with E-state index in [-0.39, 0.29) is 19.4 Å². The zero-order valence-corrected chi connectivity index (χ0v) is 15.7. The average molecular weight is 371 g/mol. The Balaban J connectivity index is 2.67. The molecule has 1 aromatic carbocycles. The lowest BCUT2D eigenvalue weighted by molar-refractivity contribution is -0.158. The molecule has 26 heavy (non-hydrogen) atoms. The third kappa shape index (κ3) is 8.78. The first-order valence-corrected chi connectivity index (χ1v) is 8.60. The zero-order valence-electron chi connectivity index (χ0n) is 15.7. The van der Waals surface area contributed by atoms with Crippen LogP contribution in [-0.4, -0.2) is 29.6 Å². The van der Waals surface area contributed by atoms with Crippen LogP contribution in [0.1, 0.15) is 52.5 Å². The summed E-state index contributed by atoms with van der Waals surface area (Å²) in [6.45, 7) is 6.37. The molecule has 0 aliphatic rings. The minimum absolute atomic E-state index is 0.0127. The van der Waals surface area contributed by atoms with Crippen LogP contribution in [0.15, 0.2) is 30.3 Å². The van der Waals surface area contributed by atoms with Gasteiger partial charge in [-0.25, -0.2) is 18.4 Å². The molecule has 0 radical (unpaired) electrons. The third-order valence-corrected chi connectivity index (χ3v) is 3.51. The van der Waals surface area contributed by atoms with E-state index in [1.54, 1.807) is 45.0 Å². The van der Waals surface area contributed by atoms with Crippen LogP contribution in [0, 0.1) is 0 Å². The number of hydrogen-bond donors (Lipinski definition) is 1. The number of ether oxygens (including phenoxy) is 2. The van der Waals surface area contributed by atoms with Gasteiger partial charge in [-0.2, -0.15) is 0 Å². The first-order chi connectivity index (χ1) is 12.0. The summed E-state index contributed by atoms with van der Waals surface area (Å²) in [6, 6.07) is 7.78. The number of benzene rings is 1. The lowest BCUT2D eigenvalue weighted by atomic mass is 10.1.